The Balaban J connectivity index is 2.08. The van der Waals surface area contributed by atoms with Gasteiger partial charge in [0.2, 0.25) is 5.95 Å². The summed E-state index contributed by atoms with van der Waals surface area (Å²) >= 11 is 3.57. The average molecular weight is 333 g/mol. The summed E-state index contributed by atoms with van der Waals surface area (Å²) in [5.74, 6) is 1.57. The van der Waals surface area contributed by atoms with Gasteiger partial charge in [0.1, 0.15) is 0 Å². The molecule has 1 aliphatic rings. The fourth-order valence-corrected chi connectivity index (χ4v) is 3.02. The van der Waals surface area contributed by atoms with Crippen LogP contribution in [0.5, 0.6) is 0 Å². The first-order valence-corrected chi connectivity index (χ1v) is 7.55. The Bertz CT molecular complexity index is 642. The molecule has 3 rings (SSSR count). The van der Waals surface area contributed by atoms with Gasteiger partial charge in [0, 0.05) is 25.5 Å². The lowest BCUT2D eigenvalue weighted by molar-refractivity contribution is 0.756. The van der Waals surface area contributed by atoms with E-state index in [1.165, 1.54) is 16.8 Å². The van der Waals surface area contributed by atoms with Gasteiger partial charge in [0.25, 0.3) is 0 Å². The lowest BCUT2D eigenvalue weighted by atomic mass is 9.99. The van der Waals surface area contributed by atoms with Crippen LogP contribution in [0.1, 0.15) is 17.5 Å². The number of benzene rings is 1. The highest BCUT2D eigenvalue weighted by Gasteiger charge is 2.21. The Hall–Kier alpha value is -1.62. The van der Waals surface area contributed by atoms with E-state index in [1.807, 2.05) is 7.05 Å². The summed E-state index contributed by atoms with van der Waals surface area (Å²) in [6.45, 7) is 3.12. The summed E-state index contributed by atoms with van der Waals surface area (Å²) < 4.78 is 0.921. The van der Waals surface area contributed by atoms with Crippen LogP contribution >= 0.6 is 15.9 Å². The number of hydrogen-bond acceptors (Lipinski definition) is 4. The van der Waals surface area contributed by atoms with Gasteiger partial charge in [-0.2, -0.15) is 4.98 Å². The molecule has 0 saturated carbocycles. The molecule has 1 aromatic heterocycles. The fourth-order valence-electron chi connectivity index (χ4n) is 2.61. The van der Waals surface area contributed by atoms with E-state index in [0.29, 0.717) is 5.95 Å². The summed E-state index contributed by atoms with van der Waals surface area (Å²) in [7, 11) is 1.83. The van der Waals surface area contributed by atoms with Gasteiger partial charge in [-0.15, -0.1) is 0 Å². The number of hydrogen-bond donors (Lipinski definition) is 1. The van der Waals surface area contributed by atoms with Crippen molar-refractivity contribution in [3.63, 3.8) is 0 Å². The van der Waals surface area contributed by atoms with E-state index in [-0.39, 0.29) is 0 Å². The predicted molar refractivity (Wildman–Crippen MR) is 85.8 cm³/mol. The van der Waals surface area contributed by atoms with Gasteiger partial charge in [0.15, 0.2) is 5.82 Å². The van der Waals surface area contributed by atoms with Crippen molar-refractivity contribution in [2.45, 2.75) is 19.8 Å². The largest absolute Gasteiger partial charge is 0.357 e. The van der Waals surface area contributed by atoms with Crippen LogP contribution in [-0.2, 0) is 6.42 Å². The molecule has 0 aliphatic carbocycles. The Morgan fingerprint density at radius 2 is 2.20 bits per heavy atom. The molecule has 104 valence electrons. The second-order valence-corrected chi connectivity index (χ2v) is 5.86. The van der Waals surface area contributed by atoms with Crippen molar-refractivity contribution in [2.24, 2.45) is 0 Å². The molecule has 0 atom stereocenters. The normalized spacial score (nSPS) is 14.1. The molecular weight excluding hydrogens is 316 g/mol. The minimum absolute atomic E-state index is 0.641. The van der Waals surface area contributed by atoms with Crippen molar-refractivity contribution >= 4 is 33.4 Å². The Morgan fingerprint density at radius 1 is 1.35 bits per heavy atom. The predicted octanol–water partition coefficient (Wildman–Crippen LogP) is 3.67. The molecule has 5 heteroatoms. The molecule has 0 amide bonds. The maximum atomic E-state index is 4.59. The molecule has 4 nitrogen and oxygen atoms in total. The van der Waals surface area contributed by atoms with Crippen LogP contribution in [0.4, 0.5) is 17.5 Å². The summed E-state index contributed by atoms with van der Waals surface area (Å²) in [6.07, 6.45) is 4.08. The molecular formula is C15H17BrN4. The van der Waals surface area contributed by atoms with Crippen molar-refractivity contribution in [2.75, 3.05) is 23.8 Å². The van der Waals surface area contributed by atoms with E-state index in [2.05, 4.69) is 61.2 Å². The number of aryl methyl sites for hydroxylation is 2. The summed E-state index contributed by atoms with van der Waals surface area (Å²) in [6, 6.07) is 6.62. The van der Waals surface area contributed by atoms with Gasteiger partial charge in [0.05, 0.1) is 4.47 Å². The molecule has 1 aromatic carbocycles. The number of fused-ring (bicyclic) bond motifs is 1. The summed E-state index contributed by atoms with van der Waals surface area (Å²) in [5, 5.41) is 3.00. The van der Waals surface area contributed by atoms with Gasteiger partial charge in [-0.3, -0.25) is 0 Å². The van der Waals surface area contributed by atoms with Gasteiger partial charge < -0.3 is 10.2 Å². The van der Waals surface area contributed by atoms with Gasteiger partial charge in [-0.05, 0) is 47.3 Å². The minimum atomic E-state index is 0.641. The van der Waals surface area contributed by atoms with Gasteiger partial charge in [-0.25, -0.2) is 4.98 Å². The Morgan fingerprint density at radius 3 is 3.00 bits per heavy atom. The van der Waals surface area contributed by atoms with E-state index >= 15 is 0 Å². The van der Waals surface area contributed by atoms with Crippen molar-refractivity contribution in [3.8, 4) is 0 Å². The molecule has 0 saturated heterocycles. The van der Waals surface area contributed by atoms with E-state index in [0.717, 1.165) is 29.7 Å². The number of anilines is 3. The van der Waals surface area contributed by atoms with Crippen LogP contribution in [0.15, 0.2) is 28.9 Å². The lowest BCUT2D eigenvalue weighted by Crippen LogP contribution is -2.26. The second kappa shape index (κ2) is 5.40. The third-order valence-electron chi connectivity index (χ3n) is 3.56. The fraction of sp³-hybridized carbons (Fsp3) is 0.333. The van der Waals surface area contributed by atoms with E-state index in [1.54, 1.807) is 6.20 Å². The first-order chi connectivity index (χ1) is 9.69. The molecule has 2 aromatic rings. The van der Waals surface area contributed by atoms with Crippen LogP contribution in [-0.4, -0.2) is 23.6 Å². The lowest BCUT2D eigenvalue weighted by Gasteiger charge is -2.31. The van der Waals surface area contributed by atoms with Crippen molar-refractivity contribution in [1.29, 1.82) is 0 Å². The van der Waals surface area contributed by atoms with Crippen LogP contribution in [0.2, 0.25) is 0 Å². The van der Waals surface area contributed by atoms with Crippen LogP contribution in [0.3, 0.4) is 0 Å². The highest BCUT2D eigenvalue weighted by molar-refractivity contribution is 9.10. The zero-order valence-electron chi connectivity index (χ0n) is 11.7. The molecule has 1 N–H and O–H groups in total. The third-order valence-corrected chi connectivity index (χ3v) is 4.12. The Labute approximate surface area is 127 Å². The van der Waals surface area contributed by atoms with E-state index in [4.69, 9.17) is 0 Å². The smallest absolute Gasteiger partial charge is 0.224 e. The van der Waals surface area contributed by atoms with Crippen LogP contribution in [0, 0.1) is 6.92 Å². The molecule has 0 radical (unpaired) electrons. The monoisotopic (exact) mass is 332 g/mol. The summed E-state index contributed by atoms with van der Waals surface area (Å²) in [4.78, 5) is 11.1. The molecule has 0 fully saturated rings. The van der Waals surface area contributed by atoms with Crippen LogP contribution in [0.25, 0.3) is 0 Å². The van der Waals surface area contributed by atoms with E-state index < -0.39 is 0 Å². The first kappa shape index (κ1) is 13.4. The Kier molecular flexibility index (Phi) is 3.61. The SMILES string of the molecule is CNc1ncc(Br)c(N2CCCc3cc(C)ccc32)n1. The third kappa shape index (κ3) is 2.38. The highest BCUT2D eigenvalue weighted by atomic mass is 79.9. The minimum Gasteiger partial charge on any atom is -0.357 e. The standard InChI is InChI=1S/C15H17BrN4/c1-10-5-6-13-11(8-10)4-3-7-20(13)14-12(16)9-18-15(17-2)19-14/h5-6,8-9H,3-4,7H2,1-2H3,(H,17,18,19). The highest BCUT2D eigenvalue weighted by Crippen LogP contribution is 2.36. The molecule has 0 unspecified atom stereocenters. The van der Waals surface area contributed by atoms with Crippen molar-refractivity contribution < 1.29 is 0 Å². The number of halogens is 1. The topological polar surface area (TPSA) is 41.1 Å². The zero-order chi connectivity index (χ0) is 14.1. The maximum absolute atomic E-state index is 4.59. The molecule has 2 heterocycles. The molecule has 0 bridgehead atoms. The molecule has 20 heavy (non-hydrogen) atoms. The number of rotatable bonds is 2. The van der Waals surface area contributed by atoms with Crippen molar-refractivity contribution in [3.05, 3.63) is 40.0 Å². The quantitative estimate of drug-likeness (QED) is 0.910. The second-order valence-electron chi connectivity index (χ2n) is 5.00. The number of aromatic nitrogens is 2. The van der Waals surface area contributed by atoms with Crippen molar-refractivity contribution in [1.82, 2.24) is 9.97 Å². The maximum Gasteiger partial charge on any atom is 0.224 e. The van der Waals surface area contributed by atoms with E-state index in [9.17, 15) is 0 Å². The molecule has 1 aliphatic heterocycles. The average Bonchev–Trinajstić information content (AvgIpc) is 2.47. The van der Waals surface area contributed by atoms with Gasteiger partial charge in [-0.1, -0.05) is 17.7 Å². The first-order valence-electron chi connectivity index (χ1n) is 6.76. The number of nitrogens with zero attached hydrogens (tertiary/aromatic N) is 3. The number of nitrogens with one attached hydrogen (secondary N) is 1. The van der Waals surface area contributed by atoms with Crippen LogP contribution < -0.4 is 10.2 Å². The van der Waals surface area contributed by atoms with Gasteiger partial charge >= 0.3 is 0 Å². The zero-order valence-corrected chi connectivity index (χ0v) is 13.2. The molecule has 0 spiro atoms. The summed E-state index contributed by atoms with van der Waals surface area (Å²) in [5.41, 5.74) is 3.96.